The fraction of sp³-hybridized carbons (Fsp3) is 0.241. The van der Waals surface area contributed by atoms with E-state index in [0.717, 1.165) is 47.1 Å². The summed E-state index contributed by atoms with van der Waals surface area (Å²) in [7, 11) is 0. The average Bonchev–Trinajstić information content (AvgIpc) is 3.32. The molecule has 7 heteroatoms. The van der Waals surface area contributed by atoms with E-state index >= 15 is 0 Å². The quantitative estimate of drug-likeness (QED) is 0.409. The van der Waals surface area contributed by atoms with Crippen LogP contribution in [0.2, 0.25) is 0 Å². The lowest BCUT2D eigenvalue weighted by atomic mass is 9.95. The minimum absolute atomic E-state index is 0.106. The lowest BCUT2D eigenvalue weighted by Gasteiger charge is -2.34. The number of hydrogen-bond donors (Lipinski definition) is 1. The second kappa shape index (κ2) is 9.17. The molecule has 5 aromatic rings. The maximum absolute atomic E-state index is 13.6. The van der Waals surface area contributed by atoms with Crippen LogP contribution in [0.4, 0.5) is 0 Å². The summed E-state index contributed by atoms with van der Waals surface area (Å²) in [6.45, 7) is 6.20. The van der Waals surface area contributed by atoms with Crippen molar-refractivity contribution in [1.29, 1.82) is 0 Å². The fourth-order valence-corrected chi connectivity index (χ4v) is 5.41. The number of H-pyrrole nitrogens is 1. The molecule has 3 heterocycles. The number of rotatable bonds is 5. The van der Waals surface area contributed by atoms with Gasteiger partial charge in [0, 0.05) is 29.6 Å². The third-order valence-electron chi connectivity index (χ3n) is 7.14. The molecule has 0 saturated heterocycles. The minimum atomic E-state index is -0.383. The number of nitrogens with one attached hydrogen (secondary N) is 1. The van der Waals surface area contributed by atoms with Crippen molar-refractivity contribution in [3.63, 3.8) is 0 Å². The summed E-state index contributed by atoms with van der Waals surface area (Å²) in [6, 6.07) is 24.5. The Balaban J connectivity index is 1.50. The molecular formula is C29H28N6O. The van der Waals surface area contributed by atoms with Crippen molar-refractivity contribution in [2.75, 3.05) is 6.54 Å². The van der Waals surface area contributed by atoms with Crippen LogP contribution in [0.1, 0.15) is 45.2 Å². The number of aromatic nitrogens is 5. The monoisotopic (exact) mass is 476 g/mol. The van der Waals surface area contributed by atoms with Crippen LogP contribution < -0.4 is 5.56 Å². The van der Waals surface area contributed by atoms with Crippen LogP contribution in [0.15, 0.2) is 77.6 Å². The number of pyridine rings is 1. The molecule has 0 spiro atoms. The van der Waals surface area contributed by atoms with Crippen molar-refractivity contribution in [3.05, 3.63) is 122 Å². The van der Waals surface area contributed by atoms with Gasteiger partial charge in [-0.05, 0) is 70.6 Å². The first kappa shape index (κ1) is 22.4. The zero-order valence-corrected chi connectivity index (χ0v) is 20.5. The Morgan fingerprint density at radius 2 is 1.75 bits per heavy atom. The molecule has 36 heavy (non-hydrogen) atoms. The van der Waals surface area contributed by atoms with E-state index in [1.807, 2.05) is 41.9 Å². The van der Waals surface area contributed by atoms with E-state index in [0.29, 0.717) is 17.9 Å². The van der Waals surface area contributed by atoms with Crippen LogP contribution in [0, 0.1) is 13.8 Å². The number of tetrazole rings is 1. The average molecular weight is 477 g/mol. The van der Waals surface area contributed by atoms with E-state index in [1.54, 1.807) is 0 Å². The summed E-state index contributed by atoms with van der Waals surface area (Å²) < 4.78 is 1.83. The van der Waals surface area contributed by atoms with Gasteiger partial charge in [-0.15, -0.1) is 5.10 Å². The molecule has 0 aliphatic carbocycles. The maximum Gasteiger partial charge on any atom is 0.253 e. The Hall–Kier alpha value is -4.10. The summed E-state index contributed by atoms with van der Waals surface area (Å²) in [5.74, 6) is 0.674. The van der Waals surface area contributed by atoms with E-state index in [2.05, 4.69) is 74.8 Å². The number of fused-ring (bicyclic) bond motifs is 2. The Morgan fingerprint density at radius 3 is 2.58 bits per heavy atom. The van der Waals surface area contributed by atoms with Gasteiger partial charge < -0.3 is 4.98 Å². The van der Waals surface area contributed by atoms with Crippen molar-refractivity contribution >= 4 is 10.9 Å². The summed E-state index contributed by atoms with van der Waals surface area (Å²) >= 11 is 0. The zero-order chi connectivity index (χ0) is 24.6. The first-order chi connectivity index (χ1) is 17.6. The van der Waals surface area contributed by atoms with E-state index in [-0.39, 0.29) is 11.6 Å². The molecule has 6 rings (SSSR count). The maximum atomic E-state index is 13.6. The van der Waals surface area contributed by atoms with Crippen molar-refractivity contribution in [2.45, 2.75) is 39.4 Å². The SMILES string of the molecule is Cc1cc(C)c2cc([C@H](c3nnnn3Cc3ccccc3)N3CCc4ccccc4C3)c(=O)[nH]c2c1. The summed E-state index contributed by atoms with van der Waals surface area (Å²) in [5, 5.41) is 13.9. The van der Waals surface area contributed by atoms with Gasteiger partial charge in [0.15, 0.2) is 5.82 Å². The van der Waals surface area contributed by atoms with Gasteiger partial charge in [0.25, 0.3) is 5.56 Å². The van der Waals surface area contributed by atoms with Gasteiger partial charge >= 0.3 is 0 Å². The third kappa shape index (κ3) is 4.12. The van der Waals surface area contributed by atoms with Gasteiger partial charge in [0.2, 0.25) is 0 Å². The second-order valence-electron chi connectivity index (χ2n) is 9.67. The first-order valence-electron chi connectivity index (χ1n) is 12.3. The normalized spacial score (nSPS) is 14.6. The van der Waals surface area contributed by atoms with Gasteiger partial charge in [-0.3, -0.25) is 9.69 Å². The van der Waals surface area contributed by atoms with Crippen molar-refractivity contribution in [3.8, 4) is 0 Å². The highest BCUT2D eigenvalue weighted by Crippen LogP contribution is 2.32. The molecule has 1 N–H and O–H groups in total. The van der Waals surface area contributed by atoms with E-state index < -0.39 is 0 Å². The Kier molecular flexibility index (Phi) is 5.70. The molecule has 1 aliphatic rings. The predicted octanol–water partition coefficient (Wildman–Crippen LogP) is 4.33. The molecule has 0 unspecified atom stereocenters. The highest BCUT2D eigenvalue weighted by atomic mass is 16.1. The third-order valence-corrected chi connectivity index (χ3v) is 7.14. The Labute approximate surface area is 209 Å². The molecule has 0 fully saturated rings. The molecular weight excluding hydrogens is 448 g/mol. The van der Waals surface area contributed by atoms with E-state index in [9.17, 15) is 4.79 Å². The van der Waals surface area contributed by atoms with Crippen LogP contribution in [-0.4, -0.2) is 36.6 Å². The molecule has 180 valence electrons. The van der Waals surface area contributed by atoms with Crippen molar-refractivity contribution in [1.82, 2.24) is 30.1 Å². The van der Waals surface area contributed by atoms with Gasteiger partial charge in [0.05, 0.1) is 6.54 Å². The van der Waals surface area contributed by atoms with Crippen LogP contribution in [-0.2, 0) is 19.5 Å². The second-order valence-corrected chi connectivity index (χ2v) is 9.67. The Bertz CT molecular complexity index is 1600. The van der Waals surface area contributed by atoms with E-state index in [4.69, 9.17) is 0 Å². The van der Waals surface area contributed by atoms with Crippen LogP contribution in [0.5, 0.6) is 0 Å². The molecule has 3 aromatic carbocycles. The number of aromatic amines is 1. The summed E-state index contributed by atoms with van der Waals surface area (Å²) in [5.41, 5.74) is 7.41. The highest BCUT2D eigenvalue weighted by Gasteiger charge is 2.32. The highest BCUT2D eigenvalue weighted by molar-refractivity contribution is 5.83. The number of hydrogen-bond acceptors (Lipinski definition) is 5. The summed E-state index contributed by atoms with van der Waals surface area (Å²) in [6.07, 6.45) is 0.913. The number of nitrogens with zero attached hydrogens (tertiary/aromatic N) is 5. The smallest absolute Gasteiger partial charge is 0.253 e. The zero-order valence-electron chi connectivity index (χ0n) is 20.5. The largest absolute Gasteiger partial charge is 0.322 e. The molecule has 7 nitrogen and oxygen atoms in total. The van der Waals surface area contributed by atoms with Crippen molar-refractivity contribution in [2.24, 2.45) is 0 Å². The van der Waals surface area contributed by atoms with Gasteiger partial charge in [-0.1, -0.05) is 60.7 Å². The standard InChI is InChI=1S/C29H28N6O/c1-19-14-20(2)24-16-25(29(36)30-26(24)15-19)27(34-13-12-22-10-6-7-11-23(22)18-34)28-31-32-33-35(28)17-21-8-4-3-5-9-21/h3-11,14-16,27H,12-13,17-18H2,1-2H3,(H,30,36)/t27-/m1/s1. The topological polar surface area (TPSA) is 79.7 Å². The first-order valence-corrected chi connectivity index (χ1v) is 12.3. The number of benzene rings is 3. The summed E-state index contributed by atoms with van der Waals surface area (Å²) in [4.78, 5) is 19.1. The number of aryl methyl sites for hydroxylation is 2. The molecule has 0 radical (unpaired) electrons. The van der Waals surface area contributed by atoms with Crippen LogP contribution in [0.3, 0.4) is 0 Å². The lowest BCUT2D eigenvalue weighted by molar-refractivity contribution is 0.194. The molecule has 1 aliphatic heterocycles. The lowest BCUT2D eigenvalue weighted by Crippen LogP contribution is -2.38. The molecule has 0 saturated carbocycles. The molecule has 0 bridgehead atoms. The van der Waals surface area contributed by atoms with Crippen LogP contribution in [0.25, 0.3) is 10.9 Å². The molecule has 0 amide bonds. The van der Waals surface area contributed by atoms with E-state index in [1.165, 1.54) is 11.1 Å². The predicted molar refractivity (Wildman–Crippen MR) is 140 cm³/mol. The van der Waals surface area contributed by atoms with Gasteiger partial charge in [-0.25, -0.2) is 4.68 Å². The Morgan fingerprint density at radius 1 is 0.972 bits per heavy atom. The fourth-order valence-electron chi connectivity index (χ4n) is 5.41. The van der Waals surface area contributed by atoms with Gasteiger partial charge in [-0.2, -0.15) is 0 Å². The van der Waals surface area contributed by atoms with Crippen molar-refractivity contribution < 1.29 is 0 Å². The molecule has 2 aromatic heterocycles. The van der Waals surface area contributed by atoms with Gasteiger partial charge in [0.1, 0.15) is 6.04 Å². The molecule has 1 atom stereocenters. The minimum Gasteiger partial charge on any atom is -0.322 e. The van der Waals surface area contributed by atoms with Crippen LogP contribution >= 0.6 is 0 Å².